The predicted molar refractivity (Wildman–Crippen MR) is 57.2 cm³/mol. The highest BCUT2D eigenvalue weighted by Crippen LogP contribution is 2.21. The van der Waals surface area contributed by atoms with E-state index < -0.39 is 0 Å². The molecule has 0 amide bonds. The van der Waals surface area contributed by atoms with Crippen LogP contribution in [0.1, 0.15) is 24.1 Å². The van der Waals surface area contributed by atoms with Gasteiger partial charge in [-0.3, -0.25) is 0 Å². The van der Waals surface area contributed by atoms with Crippen molar-refractivity contribution in [2.75, 3.05) is 6.61 Å². The summed E-state index contributed by atoms with van der Waals surface area (Å²) in [7, 11) is 0. The Balaban J connectivity index is 2.02. The Labute approximate surface area is 85.2 Å². The van der Waals surface area contributed by atoms with E-state index in [4.69, 9.17) is 4.74 Å². The Kier molecular flexibility index (Phi) is 2.92. The summed E-state index contributed by atoms with van der Waals surface area (Å²) in [4.78, 5) is 0. The van der Waals surface area contributed by atoms with Gasteiger partial charge < -0.3 is 9.30 Å². The lowest BCUT2D eigenvalue weighted by Crippen LogP contribution is -2.10. The van der Waals surface area contributed by atoms with Gasteiger partial charge in [-0.05, 0) is 37.3 Å². The summed E-state index contributed by atoms with van der Waals surface area (Å²) >= 11 is 0. The normalized spacial score (nSPS) is 14.9. The SMILES string of the molecule is C=COCCn1ccc2c1CCCC2. The van der Waals surface area contributed by atoms with Crippen molar-refractivity contribution in [2.24, 2.45) is 0 Å². The van der Waals surface area contributed by atoms with Crippen molar-refractivity contribution < 1.29 is 4.74 Å². The Morgan fingerprint density at radius 1 is 1.43 bits per heavy atom. The van der Waals surface area contributed by atoms with Crippen molar-refractivity contribution in [3.05, 3.63) is 36.4 Å². The highest BCUT2D eigenvalue weighted by atomic mass is 16.5. The highest BCUT2D eigenvalue weighted by Gasteiger charge is 2.12. The van der Waals surface area contributed by atoms with Gasteiger partial charge >= 0.3 is 0 Å². The fourth-order valence-electron chi connectivity index (χ4n) is 2.13. The van der Waals surface area contributed by atoms with Gasteiger partial charge in [-0.2, -0.15) is 0 Å². The second-order valence-electron chi connectivity index (χ2n) is 3.73. The number of fused-ring (bicyclic) bond motifs is 1. The van der Waals surface area contributed by atoms with Crippen LogP contribution < -0.4 is 0 Å². The number of rotatable bonds is 4. The maximum atomic E-state index is 5.14. The summed E-state index contributed by atoms with van der Waals surface area (Å²) in [6.45, 7) is 5.21. The molecule has 1 heterocycles. The van der Waals surface area contributed by atoms with Gasteiger partial charge in [0.2, 0.25) is 0 Å². The van der Waals surface area contributed by atoms with Crippen molar-refractivity contribution in [1.82, 2.24) is 4.57 Å². The molecule has 76 valence electrons. The number of nitrogens with zero attached hydrogens (tertiary/aromatic N) is 1. The first-order chi connectivity index (χ1) is 6.92. The van der Waals surface area contributed by atoms with Gasteiger partial charge in [-0.15, -0.1) is 0 Å². The minimum absolute atomic E-state index is 0.727. The molecule has 0 saturated carbocycles. The number of aromatic nitrogens is 1. The molecule has 2 heteroatoms. The summed E-state index contributed by atoms with van der Waals surface area (Å²) in [6, 6.07) is 2.25. The minimum atomic E-state index is 0.727. The van der Waals surface area contributed by atoms with Gasteiger partial charge in [0.1, 0.15) is 6.61 Å². The van der Waals surface area contributed by atoms with Crippen LogP contribution in [0.2, 0.25) is 0 Å². The molecule has 0 radical (unpaired) electrons. The molecule has 0 aliphatic heterocycles. The number of hydrogen-bond acceptors (Lipinski definition) is 1. The van der Waals surface area contributed by atoms with Crippen molar-refractivity contribution in [1.29, 1.82) is 0 Å². The lowest BCUT2D eigenvalue weighted by atomic mass is 9.98. The molecular formula is C12H17NO. The fraction of sp³-hybridized carbons (Fsp3) is 0.500. The van der Waals surface area contributed by atoms with E-state index in [-0.39, 0.29) is 0 Å². The van der Waals surface area contributed by atoms with Gasteiger partial charge in [0.25, 0.3) is 0 Å². The third-order valence-electron chi connectivity index (χ3n) is 2.85. The molecule has 1 aromatic heterocycles. The fourth-order valence-corrected chi connectivity index (χ4v) is 2.13. The summed E-state index contributed by atoms with van der Waals surface area (Å²) in [5.74, 6) is 0. The van der Waals surface area contributed by atoms with E-state index in [2.05, 4.69) is 23.4 Å². The average molecular weight is 191 g/mol. The molecule has 14 heavy (non-hydrogen) atoms. The average Bonchev–Trinajstić information content (AvgIpc) is 2.63. The zero-order valence-electron chi connectivity index (χ0n) is 8.54. The third-order valence-corrected chi connectivity index (χ3v) is 2.85. The van der Waals surface area contributed by atoms with Crippen LogP contribution in [0, 0.1) is 0 Å². The van der Waals surface area contributed by atoms with Gasteiger partial charge in [-0.25, -0.2) is 0 Å². The first kappa shape index (κ1) is 9.38. The van der Waals surface area contributed by atoms with Crippen LogP contribution in [0.3, 0.4) is 0 Å². The van der Waals surface area contributed by atoms with E-state index in [1.54, 1.807) is 0 Å². The standard InChI is InChI=1S/C12H17NO/c1-2-14-10-9-13-8-7-11-5-3-4-6-12(11)13/h2,7-8H,1,3-6,9-10H2. The van der Waals surface area contributed by atoms with Crippen LogP contribution >= 0.6 is 0 Å². The molecule has 2 rings (SSSR count). The molecule has 2 nitrogen and oxygen atoms in total. The predicted octanol–water partition coefficient (Wildman–Crippen LogP) is 2.53. The van der Waals surface area contributed by atoms with Crippen LogP contribution in [0.15, 0.2) is 25.1 Å². The lowest BCUT2D eigenvalue weighted by molar-refractivity contribution is 0.235. The van der Waals surface area contributed by atoms with E-state index >= 15 is 0 Å². The van der Waals surface area contributed by atoms with Crippen LogP contribution in [0.4, 0.5) is 0 Å². The van der Waals surface area contributed by atoms with E-state index in [0.717, 1.165) is 13.2 Å². The zero-order chi connectivity index (χ0) is 9.80. The zero-order valence-corrected chi connectivity index (χ0v) is 8.54. The largest absolute Gasteiger partial charge is 0.500 e. The molecule has 0 bridgehead atoms. The molecule has 1 aliphatic rings. The molecule has 1 aromatic rings. The molecular weight excluding hydrogens is 174 g/mol. The van der Waals surface area contributed by atoms with Crippen molar-refractivity contribution in [3.8, 4) is 0 Å². The van der Waals surface area contributed by atoms with Crippen LogP contribution in [-0.4, -0.2) is 11.2 Å². The topological polar surface area (TPSA) is 14.2 Å². The van der Waals surface area contributed by atoms with E-state index in [1.165, 1.54) is 43.2 Å². The third kappa shape index (κ3) is 1.84. The number of hydrogen-bond donors (Lipinski definition) is 0. The van der Waals surface area contributed by atoms with Crippen molar-refractivity contribution in [2.45, 2.75) is 32.2 Å². The molecule has 1 aliphatic carbocycles. The molecule has 0 fully saturated rings. The number of ether oxygens (including phenoxy) is 1. The summed E-state index contributed by atoms with van der Waals surface area (Å²) in [5.41, 5.74) is 3.05. The first-order valence-electron chi connectivity index (χ1n) is 5.31. The molecule has 0 spiro atoms. The monoisotopic (exact) mass is 191 g/mol. The molecule has 0 saturated heterocycles. The summed E-state index contributed by atoms with van der Waals surface area (Å²) < 4.78 is 7.46. The second-order valence-corrected chi connectivity index (χ2v) is 3.73. The molecule has 0 atom stereocenters. The smallest absolute Gasteiger partial charge is 0.105 e. The molecule has 0 N–H and O–H groups in total. The summed E-state index contributed by atoms with van der Waals surface area (Å²) in [5, 5.41) is 0. The van der Waals surface area contributed by atoms with Gasteiger partial charge in [0.05, 0.1) is 12.8 Å². The van der Waals surface area contributed by atoms with Crippen LogP contribution in [0.25, 0.3) is 0 Å². The maximum absolute atomic E-state index is 5.14. The van der Waals surface area contributed by atoms with Crippen molar-refractivity contribution >= 4 is 0 Å². The van der Waals surface area contributed by atoms with Gasteiger partial charge in [0.15, 0.2) is 0 Å². The molecule has 0 unspecified atom stereocenters. The Hall–Kier alpha value is -1.18. The Morgan fingerprint density at radius 2 is 2.29 bits per heavy atom. The van der Waals surface area contributed by atoms with E-state index in [1.807, 2.05) is 0 Å². The number of aryl methyl sites for hydroxylation is 1. The minimum Gasteiger partial charge on any atom is -0.500 e. The second kappa shape index (κ2) is 4.36. The Morgan fingerprint density at radius 3 is 3.14 bits per heavy atom. The Bertz CT molecular complexity index is 314. The van der Waals surface area contributed by atoms with Gasteiger partial charge in [-0.1, -0.05) is 6.58 Å². The van der Waals surface area contributed by atoms with Crippen LogP contribution in [0.5, 0.6) is 0 Å². The quantitative estimate of drug-likeness (QED) is 0.527. The van der Waals surface area contributed by atoms with Crippen molar-refractivity contribution in [3.63, 3.8) is 0 Å². The lowest BCUT2D eigenvalue weighted by Gasteiger charge is -2.15. The molecule has 0 aromatic carbocycles. The van der Waals surface area contributed by atoms with Gasteiger partial charge in [0, 0.05) is 11.9 Å². The van der Waals surface area contributed by atoms with E-state index in [0.29, 0.717) is 0 Å². The highest BCUT2D eigenvalue weighted by molar-refractivity contribution is 5.24. The maximum Gasteiger partial charge on any atom is 0.105 e. The van der Waals surface area contributed by atoms with Crippen LogP contribution in [-0.2, 0) is 24.1 Å². The summed E-state index contributed by atoms with van der Waals surface area (Å²) in [6.07, 6.45) is 8.86. The first-order valence-corrected chi connectivity index (χ1v) is 5.31. The van der Waals surface area contributed by atoms with E-state index in [9.17, 15) is 0 Å².